The number of halogens is 5. The lowest BCUT2D eigenvalue weighted by atomic mass is 10.2. The fraction of sp³-hybridized carbons (Fsp3) is 0.350. The van der Waals surface area contributed by atoms with Crippen molar-refractivity contribution in [1.82, 2.24) is 19.4 Å². The van der Waals surface area contributed by atoms with Crippen LogP contribution in [0, 0.1) is 0 Å². The van der Waals surface area contributed by atoms with Crippen LogP contribution in [0.1, 0.15) is 5.56 Å². The highest BCUT2D eigenvalue weighted by Crippen LogP contribution is 2.30. The number of piperazine rings is 1. The highest BCUT2D eigenvalue weighted by atomic mass is 32.2. The van der Waals surface area contributed by atoms with Crippen LogP contribution in [0.5, 0.6) is 0 Å². The topological polar surface area (TPSA) is 54.3 Å². The maximum absolute atomic E-state index is 13.0. The lowest BCUT2D eigenvalue weighted by Crippen LogP contribution is -2.49. The first-order chi connectivity index (χ1) is 15.2. The summed E-state index contributed by atoms with van der Waals surface area (Å²) in [5.74, 6) is -2.51. The number of carbonyl (C=O) groups is 1. The third-order valence-electron chi connectivity index (χ3n) is 5.14. The molecule has 12 heteroatoms. The number of aromatic nitrogens is 3. The number of rotatable bonds is 5. The molecule has 32 heavy (non-hydrogen) atoms. The summed E-state index contributed by atoms with van der Waals surface area (Å²) in [6, 6.07) is 9.20. The number of nitrogens with zero attached hydrogens (tertiary/aromatic N) is 5. The number of anilines is 1. The lowest BCUT2D eigenvalue weighted by Gasteiger charge is -2.35. The second-order valence-electron chi connectivity index (χ2n) is 7.12. The van der Waals surface area contributed by atoms with Gasteiger partial charge in [0.2, 0.25) is 5.91 Å². The Bertz CT molecular complexity index is 1090. The fourth-order valence-electron chi connectivity index (χ4n) is 3.54. The number of amides is 1. The van der Waals surface area contributed by atoms with E-state index in [-0.39, 0.29) is 17.6 Å². The highest BCUT2D eigenvalue weighted by molar-refractivity contribution is 7.99. The number of imidazole rings is 1. The minimum atomic E-state index is -4.45. The summed E-state index contributed by atoms with van der Waals surface area (Å²) in [5, 5.41) is 0.0714. The van der Waals surface area contributed by atoms with E-state index in [4.69, 9.17) is 0 Å². The van der Waals surface area contributed by atoms with Crippen LogP contribution in [0.3, 0.4) is 0 Å². The summed E-state index contributed by atoms with van der Waals surface area (Å²) in [4.78, 5) is 24.4. The Hall–Kier alpha value is -2.89. The van der Waals surface area contributed by atoms with E-state index in [0.29, 0.717) is 54.8 Å². The number of hydrogen-bond acceptors (Lipinski definition) is 5. The molecular formula is C20H18F5N5OS. The largest absolute Gasteiger partial charge is 0.417 e. The molecule has 1 aromatic carbocycles. The first kappa shape index (κ1) is 22.3. The molecule has 6 nitrogen and oxygen atoms in total. The van der Waals surface area contributed by atoms with Crippen molar-refractivity contribution in [3.8, 4) is 0 Å². The molecule has 1 aliphatic rings. The summed E-state index contributed by atoms with van der Waals surface area (Å²) < 4.78 is 65.5. The van der Waals surface area contributed by atoms with Crippen molar-refractivity contribution in [2.45, 2.75) is 23.6 Å². The lowest BCUT2D eigenvalue weighted by molar-refractivity contribution is -0.138. The van der Waals surface area contributed by atoms with Crippen molar-refractivity contribution < 1.29 is 26.7 Å². The van der Waals surface area contributed by atoms with E-state index in [1.807, 2.05) is 0 Å². The molecule has 1 fully saturated rings. The van der Waals surface area contributed by atoms with E-state index in [9.17, 15) is 26.7 Å². The van der Waals surface area contributed by atoms with Gasteiger partial charge in [-0.15, -0.1) is 0 Å². The number of carbonyl (C=O) groups excluding carboxylic acids is 1. The zero-order chi connectivity index (χ0) is 22.9. The molecule has 1 amide bonds. The average Bonchev–Trinajstić information content (AvgIpc) is 3.09. The van der Waals surface area contributed by atoms with Gasteiger partial charge in [-0.2, -0.15) is 22.0 Å². The van der Waals surface area contributed by atoms with Gasteiger partial charge in [-0.25, -0.2) is 9.97 Å². The number of alkyl halides is 5. The van der Waals surface area contributed by atoms with Gasteiger partial charge in [0.05, 0.1) is 16.6 Å². The SMILES string of the molecule is O=C(Cn1c(SC(F)F)nc2ccccc21)N1CCN(c2ccc(C(F)(F)F)cn2)CC1. The molecule has 1 saturated heterocycles. The van der Waals surface area contributed by atoms with Gasteiger partial charge < -0.3 is 14.4 Å². The van der Waals surface area contributed by atoms with Gasteiger partial charge in [-0.3, -0.25) is 4.79 Å². The van der Waals surface area contributed by atoms with Gasteiger partial charge in [0.25, 0.3) is 5.76 Å². The van der Waals surface area contributed by atoms with Crippen LogP contribution in [0.15, 0.2) is 47.8 Å². The van der Waals surface area contributed by atoms with E-state index in [0.717, 1.165) is 12.3 Å². The Balaban J connectivity index is 1.42. The van der Waals surface area contributed by atoms with Crippen molar-refractivity contribution in [3.05, 3.63) is 48.2 Å². The third kappa shape index (κ3) is 4.79. The zero-order valence-corrected chi connectivity index (χ0v) is 17.4. The number of benzene rings is 1. The standard InChI is InChI=1S/C20H18F5N5OS/c21-18(22)32-19-27-14-3-1-2-4-15(14)30(19)12-17(31)29-9-7-28(8-10-29)16-6-5-13(11-26-16)20(23,24)25/h1-6,11,18H,7-10,12H2. The van der Waals surface area contributed by atoms with Crippen LogP contribution < -0.4 is 4.90 Å². The van der Waals surface area contributed by atoms with E-state index >= 15 is 0 Å². The minimum absolute atomic E-state index is 0.0714. The first-order valence-corrected chi connectivity index (χ1v) is 10.6. The van der Waals surface area contributed by atoms with Crippen molar-refractivity contribution in [3.63, 3.8) is 0 Å². The highest BCUT2D eigenvalue weighted by Gasteiger charge is 2.31. The normalized spacial score (nSPS) is 15.1. The monoisotopic (exact) mass is 471 g/mol. The smallest absolute Gasteiger partial charge is 0.353 e. The Morgan fingerprint density at radius 1 is 1.06 bits per heavy atom. The van der Waals surface area contributed by atoms with Crippen LogP contribution in [-0.4, -0.2) is 57.3 Å². The molecule has 0 atom stereocenters. The van der Waals surface area contributed by atoms with Gasteiger partial charge in [-0.05, 0) is 36.0 Å². The molecule has 0 N–H and O–H groups in total. The summed E-state index contributed by atoms with van der Waals surface area (Å²) >= 11 is 0.291. The van der Waals surface area contributed by atoms with Crippen LogP contribution >= 0.6 is 11.8 Å². The maximum atomic E-state index is 13.0. The molecule has 2 aromatic heterocycles. The number of hydrogen-bond donors (Lipinski definition) is 0. The predicted molar refractivity (Wildman–Crippen MR) is 110 cm³/mol. The Labute approximate surface area is 184 Å². The van der Waals surface area contributed by atoms with Crippen LogP contribution in [-0.2, 0) is 17.5 Å². The van der Waals surface area contributed by atoms with Crippen molar-refractivity contribution in [1.29, 1.82) is 0 Å². The van der Waals surface area contributed by atoms with Gasteiger partial charge >= 0.3 is 6.18 Å². The Morgan fingerprint density at radius 2 is 1.78 bits per heavy atom. The van der Waals surface area contributed by atoms with E-state index in [1.165, 1.54) is 10.6 Å². The predicted octanol–water partition coefficient (Wildman–Crippen LogP) is 4.11. The number of para-hydroxylation sites is 2. The molecule has 1 aliphatic heterocycles. The third-order valence-corrected chi connectivity index (χ3v) is 5.84. The molecule has 0 aliphatic carbocycles. The van der Waals surface area contributed by atoms with Gasteiger partial charge in [0, 0.05) is 32.4 Å². The first-order valence-electron chi connectivity index (χ1n) is 9.68. The minimum Gasteiger partial charge on any atom is -0.353 e. The molecule has 0 saturated carbocycles. The Morgan fingerprint density at radius 3 is 2.41 bits per heavy atom. The molecule has 3 aromatic rings. The van der Waals surface area contributed by atoms with Crippen LogP contribution in [0.4, 0.5) is 27.8 Å². The molecular weight excluding hydrogens is 453 g/mol. The summed E-state index contributed by atoms with van der Waals surface area (Å²) in [6.07, 6.45) is -3.66. The van der Waals surface area contributed by atoms with Crippen LogP contribution in [0.2, 0.25) is 0 Å². The molecule has 0 spiro atoms. The Kier molecular flexibility index (Phi) is 6.22. The average molecular weight is 471 g/mol. The van der Waals surface area contributed by atoms with E-state index in [1.54, 1.807) is 34.1 Å². The molecule has 4 rings (SSSR count). The molecule has 0 radical (unpaired) electrons. The molecule has 3 heterocycles. The molecule has 170 valence electrons. The van der Waals surface area contributed by atoms with Gasteiger partial charge in [-0.1, -0.05) is 12.1 Å². The second kappa shape index (κ2) is 8.93. The quantitative estimate of drug-likeness (QED) is 0.414. The fourth-order valence-corrected chi connectivity index (χ4v) is 4.14. The van der Waals surface area contributed by atoms with E-state index < -0.39 is 17.5 Å². The van der Waals surface area contributed by atoms with Gasteiger partial charge in [0.1, 0.15) is 12.4 Å². The van der Waals surface area contributed by atoms with Crippen molar-refractivity contribution in [2.75, 3.05) is 31.1 Å². The molecule has 0 bridgehead atoms. The van der Waals surface area contributed by atoms with Gasteiger partial charge in [0.15, 0.2) is 5.16 Å². The zero-order valence-electron chi connectivity index (χ0n) is 16.6. The summed E-state index contributed by atoms with van der Waals surface area (Å²) in [7, 11) is 0. The van der Waals surface area contributed by atoms with Crippen molar-refractivity contribution in [2.24, 2.45) is 0 Å². The maximum Gasteiger partial charge on any atom is 0.417 e. The number of pyridine rings is 1. The second-order valence-corrected chi connectivity index (χ2v) is 8.08. The van der Waals surface area contributed by atoms with Crippen molar-refractivity contribution >= 4 is 34.5 Å². The number of fused-ring (bicyclic) bond motifs is 1. The number of thioether (sulfide) groups is 1. The summed E-state index contributed by atoms with van der Waals surface area (Å²) in [5.41, 5.74) is 0.304. The van der Waals surface area contributed by atoms with E-state index in [2.05, 4.69) is 9.97 Å². The summed E-state index contributed by atoms with van der Waals surface area (Å²) in [6.45, 7) is 1.34. The molecule has 0 unspecified atom stereocenters. The van der Waals surface area contributed by atoms with Crippen LogP contribution in [0.25, 0.3) is 11.0 Å².